The molecule has 1 aromatic carbocycles. The molecule has 25 heavy (non-hydrogen) atoms. The second-order valence-electron chi connectivity index (χ2n) is 6.30. The molecule has 1 fully saturated rings. The molecule has 1 amide bonds. The molecule has 4 rings (SSSR count). The monoisotopic (exact) mass is 352 g/mol. The lowest BCUT2D eigenvalue weighted by Gasteiger charge is -2.36. The third kappa shape index (κ3) is 3.50. The normalized spacial score (nSPS) is 15.6. The lowest BCUT2D eigenvalue weighted by Crippen LogP contribution is -2.45. The first-order valence-electron chi connectivity index (χ1n) is 8.39. The molecule has 6 heteroatoms. The zero-order valence-corrected chi connectivity index (χ0v) is 14.7. The lowest BCUT2D eigenvalue weighted by molar-refractivity contribution is 0.100. The molecule has 2 N–H and O–H groups in total. The number of aromatic nitrogens is 1. The summed E-state index contributed by atoms with van der Waals surface area (Å²) in [6, 6.07) is 11.9. The Bertz CT molecular complexity index is 849. The lowest BCUT2D eigenvalue weighted by atomic mass is 10.1. The van der Waals surface area contributed by atoms with E-state index in [1.54, 1.807) is 12.1 Å². The predicted octanol–water partition coefficient (Wildman–Crippen LogP) is 2.72. The van der Waals surface area contributed by atoms with Gasteiger partial charge >= 0.3 is 0 Å². The fourth-order valence-electron chi connectivity index (χ4n) is 3.24. The van der Waals surface area contributed by atoms with Crippen LogP contribution in [0.1, 0.15) is 15.2 Å². The van der Waals surface area contributed by atoms with E-state index in [-0.39, 0.29) is 5.91 Å². The Morgan fingerprint density at radius 2 is 1.88 bits per heavy atom. The summed E-state index contributed by atoms with van der Waals surface area (Å²) < 4.78 is 1.26. The van der Waals surface area contributed by atoms with E-state index in [9.17, 15) is 4.79 Å². The number of anilines is 1. The molecule has 0 saturated carbocycles. The van der Waals surface area contributed by atoms with Crippen LogP contribution < -0.4 is 10.6 Å². The van der Waals surface area contributed by atoms with Crippen molar-refractivity contribution in [2.45, 2.75) is 6.54 Å². The van der Waals surface area contributed by atoms with Crippen LogP contribution in [0.25, 0.3) is 10.1 Å². The van der Waals surface area contributed by atoms with Crippen molar-refractivity contribution in [3.63, 3.8) is 0 Å². The van der Waals surface area contributed by atoms with Crippen LogP contribution in [-0.4, -0.2) is 42.0 Å². The maximum atomic E-state index is 11.2. The standard InChI is InChI=1S/C19H20N4OS/c20-19(24)14-1-3-16(4-2-14)23-9-7-22(8-10-23)13-17-11-15-5-6-21-12-18(15)25-17/h1-6,11-12H,7-10,13H2,(H2,20,24). The van der Waals surface area contributed by atoms with Gasteiger partial charge in [0.25, 0.3) is 0 Å². The molecule has 1 saturated heterocycles. The van der Waals surface area contributed by atoms with Crippen LogP contribution in [0.5, 0.6) is 0 Å². The summed E-state index contributed by atoms with van der Waals surface area (Å²) in [5.41, 5.74) is 7.01. The minimum atomic E-state index is -0.380. The highest BCUT2D eigenvalue weighted by Crippen LogP contribution is 2.26. The van der Waals surface area contributed by atoms with Gasteiger partial charge in [-0.05, 0) is 41.8 Å². The van der Waals surface area contributed by atoms with Gasteiger partial charge in [-0.25, -0.2) is 0 Å². The Balaban J connectivity index is 1.37. The van der Waals surface area contributed by atoms with Crippen LogP contribution in [0.4, 0.5) is 5.69 Å². The molecule has 3 heterocycles. The molecule has 3 aromatic rings. The van der Waals surface area contributed by atoms with Gasteiger partial charge in [-0.15, -0.1) is 11.3 Å². The number of hydrogen-bond acceptors (Lipinski definition) is 5. The predicted molar refractivity (Wildman–Crippen MR) is 102 cm³/mol. The number of carbonyl (C=O) groups is 1. The molecule has 0 unspecified atom stereocenters. The topological polar surface area (TPSA) is 62.5 Å². The largest absolute Gasteiger partial charge is 0.369 e. The summed E-state index contributed by atoms with van der Waals surface area (Å²) in [6.45, 7) is 5.03. The number of rotatable bonds is 4. The Labute approximate surface area is 150 Å². The molecular weight excluding hydrogens is 332 g/mol. The van der Waals surface area contributed by atoms with Crippen molar-refractivity contribution in [1.82, 2.24) is 9.88 Å². The minimum absolute atomic E-state index is 0.380. The number of amides is 1. The highest BCUT2D eigenvalue weighted by molar-refractivity contribution is 7.19. The van der Waals surface area contributed by atoms with Crippen molar-refractivity contribution in [2.75, 3.05) is 31.1 Å². The number of thiophene rings is 1. The summed E-state index contributed by atoms with van der Waals surface area (Å²) in [5.74, 6) is -0.380. The van der Waals surface area contributed by atoms with Gasteiger partial charge < -0.3 is 10.6 Å². The highest BCUT2D eigenvalue weighted by atomic mass is 32.1. The van der Waals surface area contributed by atoms with Crippen LogP contribution in [-0.2, 0) is 6.54 Å². The number of nitrogens with zero attached hydrogens (tertiary/aromatic N) is 3. The van der Waals surface area contributed by atoms with Crippen molar-refractivity contribution in [2.24, 2.45) is 5.73 Å². The molecule has 0 aliphatic carbocycles. The second kappa shape index (κ2) is 6.82. The summed E-state index contributed by atoms with van der Waals surface area (Å²) in [4.78, 5) is 21.6. The Kier molecular flexibility index (Phi) is 4.38. The third-order valence-corrected chi connectivity index (χ3v) is 5.71. The van der Waals surface area contributed by atoms with Crippen molar-refractivity contribution >= 4 is 33.0 Å². The highest BCUT2D eigenvalue weighted by Gasteiger charge is 2.18. The fraction of sp³-hybridized carbons (Fsp3) is 0.263. The van der Waals surface area contributed by atoms with Crippen LogP contribution in [0.15, 0.2) is 48.8 Å². The number of nitrogens with two attached hydrogens (primary N) is 1. The van der Waals surface area contributed by atoms with Crippen molar-refractivity contribution in [3.8, 4) is 0 Å². The van der Waals surface area contributed by atoms with E-state index < -0.39 is 0 Å². The zero-order valence-electron chi connectivity index (χ0n) is 13.9. The Hall–Kier alpha value is -2.44. The number of fused-ring (bicyclic) bond motifs is 1. The van der Waals surface area contributed by atoms with Crippen LogP contribution in [0.3, 0.4) is 0 Å². The summed E-state index contributed by atoms with van der Waals surface area (Å²) in [6.07, 6.45) is 3.79. The van der Waals surface area contributed by atoms with Gasteiger partial charge in [0.1, 0.15) is 0 Å². The van der Waals surface area contributed by atoms with E-state index >= 15 is 0 Å². The van der Waals surface area contributed by atoms with E-state index in [2.05, 4.69) is 26.9 Å². The number of benzene rings is 1. The zero-order chi connectivity index (χ0) is 17.2. The average molecular weight is 352 g/mol. The quantitative estimate of drug-likeness (QED) is 0.784. The van der Waals surface area contributed by atoms with Gasteiger partial charge in [0.2, 0.25) is 5.91 Å². The summed E-state index contributed by atoms with van der Waals surface area (Å²) >= 11 is 1.83. The van der Waals surface area contributed by atoms with Crippen LogP contribution >= 0.6 is 11.3 Å². The number of hydrogen-bond donors (Lipinski definition) is 1. The number of piperazine rings is 1. The van der Waals surface area contributed by atoms with Gasteiger partial charge in [-0.1, -0.05) is 0 Å². The van der Waals surface area contributed by atoms with Crippen molar-refractivity contribution < 1.29 is 4.79 Å². The maximum absolute atomic E-state index is 11.2. The first-order chi connectivity index (χ1) is 12.2. The number of primary amides is 1. The molecule has 0 spiro atoms. The van der Waals surface area contributed by atoms with Crippen molar-refractivity contribution in [3.05, 3.63) is 59.2 Å². The van der Waals surface area contributed by atoms with E-state index in [0.717, 1.165) is 38.4 Å². The first kappa shape index (κ1) is 16.1. The minimum Gasteiger partial charge on any atom is -0.369 e. The van der Waals surface area contributed by atoms with Gasteiger partial charge in [0, 0.05) is 61.2 Å². The molecular formula is C19H20N4OS. The molecule has 1 aliphatic rings. The summed E-state index contributed by atoms with van der Waals surface area (Å²) in [7, 11) is 0. The first-order valence-corrected chi connectivity index (χ1v) is 9.20. The molecule has 0 bridgehead atoms. The fourth-order valence-corrected chi connectivity index (χ4v) is 4.31. The van der Waals surface area contributed by atoms with Crippen LogP contribution in [0.2, 0.25) is 0 Å². The van der Waals surface area contributed by atoms with Crippen LogP contribution in [0, 0.1) is 0 Å². The van der Waals surface area contributed by atoms with Gasteiger partial charge in [-0.2, -0.15) is 0 Å². The Morgan fingerprint density at radius 1 is 1.12 bits per heavy atom. The van der Waals surface area contributed by atoms with Gasteiger partial charge in [-0.3, -0.25) is 14.7 Å². The second-order valence-corrected chi connectivity index (χ2v) is 7.47. The average Bonchev–Trinajstić information content (AvgIpc) is 3.05. The molecule has 1 aliphatic heterocycles. The molecule has 0 atom stereocenters. The Morgan fingerprint density at radius 3 is 2.56 bits per heavy atom. The van der Waals surface area contributed by atoms with E-state index in [4.69, 9.17) is 5.73 Å². The molecule has 2 aromatic heterocycles. The van der Waals surface area contributed by atoms with E-state index in [0.29, 0.717) is 5.56 Å². The molecule has 0 radical (unpaired) electrons. The molecule has 5 nitrogen and oxygen atoms in total. The van der Waals surface area contributed by atoms with E-state index in [1.807, 2.05) is 35.9 Å². The maximum Gasteiger partial charge on any atom is 0.248 e. The molecule has 128 valence electrons. The number of carbonyl (C=O) groups excluding carboxylic acids is 1. The SMILES string of the molecule is NC(=O)c1ccc(N2CCN(Cc3cc4ccncc4s3)CC2)cc1. The van der Waals surface area contributed by atoms with Gasteiger partial charge in [0.15, 0.2) is 0 Å². The van der Waals surface area contributed by atoms with E-state index in [1.165, 1.54) is 15.0 Å². The van der Waals surface area contributed by atoms with Crippen molar-refractivity contribution in [1.29, 1.82) is 0 Å². The van der Waals surface area contributed by atoms with Gasteiger partial charge in [0.05, 0.1) is 4.70 Å². The smallest absolute Gasteiger partial charge is 0.248 e. The summed E-state index contributed by atoms with van der Waals surface area (Å²) in [5, 5.41) is 1.28. The third-order valence-electron chi connectivity index (χ3n) is 4.64. The number of pyridine rings is 1.